The molecule has 28 heavy (non-hydrogen) atoms. The van der Waals surface area contributed by atoms with Gasteiger partial charge in [0.25, 0.3) is 6.47 Å². The number of nitrogens with zero attached hydrogens (tertiary/aromatic N) is 3. The lowest BCUT2D eigenvalue weighted by Crippen LogP contribution is -2.36. The molecule has 1 amide bonds. The molecule has 0 radical (unpaired) electrons. The van der Waals surface area contributed by atoms with Crippen molar-refractivity contribution >= 4 is 12.6 Å². The van der Waals surface area contributed by atoms with E-state index in [-0.39, 0.29) is 20.7 Å². The normalized spacial score (nSPS) is 14.3. The van der Waals surface area contributed by atoms with Crippen LogP contribution in [-0.2, 0) is 23.7 Å². The molecule has 1 aliphatic rings. The Kier molecular flexibility index (Phi) is 23.3. The van der Waals surface area contributed by atoms with E-state index in [0.717, 1.165) is 0 Å². The van der Waals surface area contributed by atoms with Crippen molar-refractivity contribution in [3.63, 3.8) is 0 Å². The maximum Gasteiger partial charge on any atom is 0.407 e. The molecule has 1 atom stereocenters. The first-order chi connectivity index (χ1) is 13.8. The van der Waals surface area contributed by atoms with Gasteiger partial charge in [-0.25, -0.2) is 4.79 Å². The first-order valence-corrected chi connectivity index (χ1v) is 10.0. The molecule has 0 aromatic heterocycles. The fraction of sp³-hybridized carbons (Fsp3) is 0.889. The average Bonchev–Trinajstić information content (AvgIpc) is 3.18. The molecule has 1 aliphatic heterocycles. The fourth-order valence-corrected chi connectivity index (χ4v) is 1.99. The zero-order valence-corrected chi connectivity index (χ0v) is 18.0. The fourth-order valence-electron chi connectivity index (χ4n) is 1.99. The third-order valence-electron chi connectivity index (χ3n) is 3.18. The van der Waals surface area contributed by atoms with E-state index in [0.29, 0.717) is 59.0 Å². The molecule has 1 rings (SSSR count). The second kappa shape index (κ2) is 23.1. The van der Waals surface area contributed by atoms with Gasteiger partial charge in [0.15, 0.2) is 0 Å². The Morgan fingerprint density at radius 1 is 1.14 bits per heavy atom. The standard InChI is InChI=1S/C14H26N4O6.2C2H6.H2/c1-2-21-9-10-24-14(20)15-4-3-13-11-16-17-18(13)5-6-22-7-8-23-12-19;2*1-2;/h12-13H,2-11H2,1H3,(H,15,20);2*1-2H3;1H. The van der Waals surface area contributed by atoms with Crippen LogP contribution in [0.1, 0.15) is 42.5 Å². The summed E-state index contributed by atoms with van der Waals surface area (Å²) in [6, 6.07) is 0.128. The van der Waals surface area contributed by atoms with Gasteiger partial charge in [0, 0.05) is 14.6 Å². The largest absolute Gasteiger partial charge is 0.465 e. The van der Waals surface area contributed by atoms with Crippen LogP contribution in [-0.4, -0.2) is 82.9 Å². The molecule has 1 N–H and O–H groups in total. The Hall–Kier alpha value is -1.94. The number of amides is 1. The zero-order chi connectivity index (χ0) is 21.5. The van der Waals surface area contributed by atoms with Gasteiger partial charge in [-0.15, -0.1) is 0 Å². The zero-order valence-electron chi connectivity index (χ0n) is 18.0. The predicted octanol–water partition coefficient (Wildman–Crippen LogP) is 2.68. The van der Waals surface area contributed by atoms with Crippen molar-refractivity contribution in [1.29, 1.82) is 0 Å². The van der Waals surface area contributed by atoms with Gasteiger partial charge in [0.05, 0.1) is 39.0 Å². The maximum atomic E-state index is 11.5. The van der Waals surface area contributed by atoms with Crippen LogP contribution in [0.25, 0.3) is 0 Å². The number of hydrogen-bond donors (Lipinski definition) is 1. The van der Waals surface area contributed by atoms with Crippen LogP contribution in [0.4, 0.5) is 4.79 Å². The summed E-state index contributed by atoms with van der Waals surface area (Å²) < 4.78 is 19.9. The highest BCUT2D eigenvalue weighted by molar-refractivity contribution is 5.66. The lowest BCUT2D eigenvalue weighted by molar-refractivity contribution is -0.130. The summed E-state index contributed by atoms with van der Waals surface area (Å²) in [5, 5.41) is 12.6. The molecule has 168 valence electrons. The summed E-state index contributed by atoms with van der Waals surface area (Å²) in [6.45, 7) is 14.2. The van der Waals surface area contributed by atoms with E-state index in [1.165, 1.54) is 0 Å². The van der Waals surface area contributed by atoms with Crippen molar-refractivity contribution in [3.8, 4) is 0 Å². The number of alkyl carbamates (subject to hydrolysis) is 1. The van der Waals surface area contributed by atoms with Gasteiger partial charge in [0.1, 0.15) is 13.2 Å². The SMILES string of the molecule is CC.CC.CCOCCOC(=O)NCCC1CN=NN1CCOCCOC=O.[HH]. The third kappa shape index (κ3) is 16.2. The molecule has 0 fully saturated rings. The summed E-state index contributed by atoms with van der Waals surface area (Å²) in [7, 11) is 0. The predicted molar refractivity (Wildman–Crippen MR) is 108 cm³/mol. The second-order valence-corrected chi connectivity index (χ2v) is 4.86. The van der Waals surface area contributed by atoms with Crippen molar-refractivity contribution in [3.05, 3.63) is 0 Å². The Balaban J connectivity index is -0.00000127. The van der Waals surface area contributed by atoms with E-state index in [1.54, 1.807) is 0 Å². The third-order valence-corrected chi connectivity index (χ3v) is 3.18. The molecular weight excluding hydrogens is 368 g/mol. The Morgan fingerprint density at radius 3 is 2.54 bits per heavy atom. The Morgan fingerprint density at radius 2 is 1.86 bits per heavy atom. The lowest BCUT2D eigenvalue weighted by atomic mass is 10.2. The van der Waals surface area contributed by atoms with E-state index >= 15 is 0 Å². The summed E-state index contributed by atoms with van der Waals surface area (Å²) in [6.07, 6.45) is 0.258. The molecule has 0 saturated heterocycles. The van der Waals surface area contributed by atoms with Crippen LogP contribution in [0.5, 0.6) is 0 Å². The minimum atomic E-state index is -0.452. The van der Waals surface area contributed by atoms with Crippen molar-refractivity contribution in [1.82, 2.24) is 10.3 Å². The molecule has 10 heteroatoms. The van der Waals surface area contributed by atoms with E-state index < -0.39 is 6.09 Å². The topological polar surface area (TPSA) is 111 Å². The molecule has 0 aliphatic carbocycles. The molecule has 0 aromatic carbocycles. The van der Waals surface area contributed by atoms with E-state index in [1.807, 2.05) is 39.6 Å². The van der Waals surface area contributed by atoms with Gasteiger partial charge < -0.3 is 24.3 Å². The van der Waals surface area contributed by atoms with Gasteiger partial charge in [-0.3, -0.25) is 9.80 Å². The lowest BCUT2D eigenvalue weighted by Gasteiger charge is -2.21. The van der Waals surface area contributed by atoms with Crippen molar-refractivity contribution in [2.24, 2.45) is 10.3 Å². The summed E-state index contributed by atoms with van der Waals surface area (Å²) in [4.78, 5) is 21.4. The van der Waals surface area contributed by atoms with Crippen LogP contribution in [0.15, 0.2) is 10.3 Å². The molecule has 1 unspecified atom stereocenters. The maximum absolute atomic E-state index is 11.5. The van der Waals surface area contributed by atoms with Gasteiger partial charge in [-0.05, 0) is 13.3 Å². The van der Waals surface area contributed by atoms with Crippen LogP contribution >= 0.6 is 0 Å². The number of hydrogen-bond acceptors (Lipinski definition) is 9. The minimum Gasteiger partial charge on any atom is -0.465 e. The molecule has 10 nitrogen and oxygen atoms in total. The van der Waals surface area contributed by atoms with Crippen molar-refractivity contribution < 1.29 is 30.0 Å². The number of ether oxygens (including phenoxy) is 4. The van der Waals surface area contributed by atoms with Gasteiger partial charge >= 0.3 is 6.09 Å². The first kappa shape index (κ1) is 28.3. The highest BCUT2D eigenvalue weighted by atomic mass is 16.6. The van der Waals surface area contributed by atoms with Crippen molar-refractivity contribution in [2.45, 2.75) is 47.1 Å². The molecular formula is C18H40N4O6. The number of carbonyl (C=O) groups is 2. The first-order valence-electron chi connectivity index (χ1n) is 10.0. The molecule has 0 saturated carbocycles. The number of carbonyl (C=O) groups excluding carboxylic acids is 2. The van der Waals surface area contributed by atoms with Crippen LogP contribution in [0.2, 0.25) is 0 Å². The molecule has 0 aromatic rings. The van der Waals surface area contributed by atoms with E-state index in [4.69, 9.17) is 14.2 Å². The highest BCUT2D eigenvalue weighted by Crippen LogP contribution is 2.12. The van der Waals surface area contributed by atoms with E-state index in [2.05, 4.69) is 20.4 Å². The quantitative estimate of drug-likeness (QED) is 0.347. The smallest absolute Gasteiger partial charge is 0.407 e. The van der Waals surface area contributed by atoms with Gasteiger partial charge in [-0.2, -0.15) is 5.11 Å². The van der Waals surface area contributed by atoms with Crippen LogP contribution in [0.3, 0.4) is 0 Å². The van der Waals surface area contributed by atoms with Crippen LogP contribution in [0, 0.1) is 0 Å². The Bertz CT molecular complexity index is 391. The minimum absolute atomic E-state index is 0. The van der Waals surface area contributed by atoms with E-state index in [9.17, 15) is 9.59 Å². The average molecular weight is 409 g/mol. The summed E-state index contributed by atoms with van der Waals surface area (Å²) >= 11 is 0. The molecule has 0 bridgehead atoms. The monoisotopic (exact) mass is 408 g/mol. The summed E-state index contributed by atoms with van der Waals surface area (Å²) in [5.41, 5.74) is 0. The molecule has 0 spiro atoms. The number of nitrogens with one attached hydrogen (secondary N) is 1. The number of rotatable bonds is 14. The van der Waals surface area contributed by atoms with Crippen molar-refractivity contribution in [2.75, 3.05) is 59.3 Å². The van der Waals surface area contributed by atoms with Gasteiger partial charge in [-0.1, -0.05) is 32.9 Å². The molecule has 1 heterocycles. The highest BCUT2D eigenvalue weighted by Gasteiger charge is 2.21. The second-order valence-electron chi connectivity index (χ2n) is 4.86. The summed E-state index contributed by atoms with van der Waals surface area (Å²) in [5.74, 6) is 0. The Labute approximate surface area is 170 Å². The van der Waals surface area contributed by atoms with Crippen LogP contribution < -0.4 is 5.32 Å². The van der Waals surface area contributed by atoms with Gasteiger partial charge in [0.2, 0.25) is 0 Å².